The highest BCUT2D eigenvalue weighted by Gasteiger charge is 2.67. The van der Waals surface area contributed by atoms with Gasteiger partial charge in [0.1, 0.15) is 16.8 Å². The van der Waals surface area contributed by atoms with Crippen LogP contribution in [0.2, 0.25) is 19.6 Å². The van der Waals surface area contributed by atoms with Gasteiger partial charge < -0.3 is 4.42 Å². The number of hydrogen-bond donors (Lipinski definition) is 0. The van der Waals surface area contributed by atoms with Crippen LogP contribution in [0.4, 0.5) is 0 Å². The average molecular weight is 752 g/mol. The van der Waals surface area contributed by atoms with Crippen LogP contribution < -0.4 is 14.3 Å². The van der Waals surface area contributed by atoms with Crippen molar-refractivity contribution in [1.82, 2.24) is 4.57 Å². The summed E-state index contributed by atoms with van der Waals surface area (Å²) >= 11 is 0. The fraction of sp³-hybridized carbons (Fsp3) is 0.294. The van der Waals surface area contributed by atoms with Crippen LogP contribution in [0.3, 0.4) is 0 Å². The molecule has 0 saturated heterocycles. The first-order chi connectivity index (χ1) is 26.8. The summed E-state index contributed by atoms with van der Waals surface area (Å²) in [6, 6.07) is 39.1. The number of furan rings is 1. The summed E-state index contributed by atoms with van der Waals surface area (Å²) in [6.45, 7) is 23.9. The standard InChI is InChI=1S/C51H53N3OSi/c1-30(2)26-34-28-44-39-23-22-33(7)27-41(39)51(52(44)29-46(34)56(8,9)10)40-25-24-38-37-16-11-14-21-45(37)55-49(38)47(40)50-53(42-19-12-13-20-43(42)54(50)51)48-35(31(3)4)17-15-18-36(48)32(5)6/h11-25,27-32H,26H2,1-10H3/q+2. The number of imidazole rings is 1. The normalized spacial score (nSPS) is 15.9. The Balaban J connectivity index is 1.49. The lowest BCUT2D eigenvalue weighted by atomic mass is 9.87. The highest BCUT2D eigenvalue weighted by molar-refractivity contribution is 6.89. The maximum Gasteiger partial charge on any atom is 0.364 e. The molecule has 1 unspecified atom stereocenters. The Morgan fingerprint density at radius 2 is 1.45 bits per heavy atom. The van der Waals surface area contributed by atoms with E-state index in [2.05, 4.69) is 191 Å². The van der Waals surface area contributed by atoms with E-state index in [0.29, 0.717) is 17.8 Å². The predicted octanol–water partition coefficient (Wildman–Crippen LogP) is 11.7. The summed E-state index contributed by atoms with van der Waals surface area (Å²) in [6.07, 6.45) is 3.66. The lowest BCUT2D eigenvalue weighted by Crippen LogP contribution is -2.72. The number of para-hydroxylation sites is 4. The lowest BCUT2D eigenvalue weighted by molar-refractivity contribution is -0.944. The zero-order valence-electron chi connectivity index (χ0n) is 34.6. The summed E-state index contributed by atoms with van der Waals surface area (Å²) in [7, 11) is -1.81. The van der Waals surface area contributed by atoms with Gasteiger partial charge in [0.25, 0.3) is 0 Å². The zero-order valence-corrected chi connectivity index (χ0v) is 35.6. The molecular formula is C51H53N3OSi+2. The Kier molecular flexibility index (Phi) is 7.61. The topological polar surface area (TPSA) is 25.8 Å². The van der Waals surface area contributed by atoms with Crippen molar-refractivity contribution in [2.24, 2.45) is 5.92 Å². The van der Waals surface area contributed by atoms with E-state index >= 15 is 0 Å². The first-order valence-corrected chi connectivity index (χ1v) is 24.2. The van der Waals surface area contributed by atoms with Crippen molar-refractivity contribution >= 4 is 46.2 Å². The van der Waals surface area contributed by atoms with E-state index < -0.39 is 13.7 Å². The van der Waals surface area contributed by atoms with Crippen LogP contribution in [0, 0.1) is 12.8 Å². The van der Waals surface area contributed by atoms with Gasteiger partial charge in [-0.25, -0.2) is 0 Å². The fourth-order valence-corrected chi connectivity index (χ4v) is 11.9. The molecule has 0 aliphatic carbocycles. The van der Waals surface area contributed by atoms with Gasteiger partial charge in [-0.05, 0) is 79.1 Å². The van der Waals surface area contributed by atoms with E-state index in [9.17, 15) is 0 Å². The SMILES string of the molecule is Cc1ccc2c(c1)C1(c3ccc4c(oc5ccccc54)c3-c3n(-c4c(C(C)C)cccc4C(C)C)c4ccccc4[n+]31)[n+]1cc([Si](C)(C)C)c(CC(C)C)cc1-2. The third-order valence-corrected chi connectivity index (χ3v) is 14.7. The van der Waals surface area contributed by atoms with Crippen molar-refractivity contribution in [2.75, 3.05) is 0 Å². The van der Waals surface area contributed by atoms with E-state index in [0.717, 1.165) is 28.4 Å². The minimum Gasteiger partial charge on any atom is -0.455 e. The molecule has 1 spiro atoms. The quantitative estimate of drug-likeness (QED) is 0.123. The second kappa shape index (κ2) is 12.1. The van der Waals surface area contributed by atoms with Gasteiger partial charge >= 0.3 is 11.5 Å². The van der Waals surface area contributed by atoms with Gasteiger partial charge in [0.15, 0.2) is 22.8 Å². The third kappa shape index (κ3) is 4.64. The summed E-state index contributed by atoms with van der Waals surface area (Å²) < 4.78 is 15.1. The summed E-state index contributed by atoms with van der Waals surface area (Å²) in [4.78, 5) is 0. The van der Waals surface area contributed by atoms with Gasteiger partial charge in [-0.2, -0.15) is 4.57 Å². The molecule has 4 nitrogen and oxygen atoms in total. The minimum atomic E-state index is -1.81. The molecule has 56 heavy (non-hydrogen) atoms. The number of aromatic nitrogens is 3. The molecule has 1 atom stereocenters. The summed E-state index contributed by atoms with van der Waals surface area (Å²) in [5, 5.41) is 3.85. The van der Waals surface area contributed by atoms with E-state index in [4.69, 9.17) is 4.42 Å². The Morgan fingerprint density at radius 1 is 0.732 bits per heavy atom. The van der Waals surface area contributed by atoms with Crippen LogP contribution >= 0.6 is 0 Å². The molecule has 0 fully saturated rings. The smallest absolute Gasteiger partial charge is 0.364 e. The zero-order chi connectivity index (χ0) is 39.0. The van der Waals surface area contributed by atoms with Gasteiger partial charge in [0.05, 0.1) is 24.8 Å². The van der Waals surface area contributed by atoms with Crippen LogP contribution in [0.15, 0.2) is 114 Å². The van der Waals surface area contributed by atoms with Crippen molar-refractivity contribution in [2.45, 2.75) is 92.0 Å². The molecule has 0 bridgehead atoms. The lowest BCUT2D eigenvalue weighted by Gasteiger charge is -2.24. The molecule has 0 radical (unpaired) electrons. The number of benzene rings is 5. The van der Waals surface area contributed by atoms with Crippen molar-refractivity contribution in [3.63, 3.8) is 0 Å². The van der Waals surface area contributed by atoms with Crippen molar-refractivity contribution < 1.29 is 13.6 Å². The average Bonchev–Trinajstić information content (AvgIpc) is 3.86. The van der Waals surface area contributed by atoms with Gasteiger partial charge in [-0.15, -0.1) is 9.13 Å². The largest absolute Gasteiger partial charge is 0.455 e. The van der Waals surface area contributed by atoms with Crippen LogP contribution in [0.5, 0.6) is 0 Å². The first-order valence-electron chi connectivity index (χ1n) is 20.7. The van der Waals surface area contributed by atoms with Gasteiger partial charge in [0.2, 0.25) is 5.69 Å². The van der Waals surface area contributed by atoms with Crippen LogP contribution in [0.25, 0.3) is 61.3 Å². The Hall–Kier alpha value is -5.26. The highest BCUT2D eigenvalue weighted by Crippen LogP contribution is 2.53. The second-order valence-electron chi connectivity index (χ2n) is 18.6. The summed E-state index contributed by atoms with van der Waals surface area (Å²) in [5.74, 6) is 2.39. The predicted molar refractivity (Wildman–Crippen MR) is 234 cm³/mol. The van der Waals surface area contributed by atoms with Crippen LogP contribution in [-0.2, 0) is 12.1 Å². The Labute approximate surface area is 332 Å². The number of rotatable bonds is 6. The first kappa shape index (κ1) is 35.2. The Bertz CT molecular complexity index is 2910. The van der Waals surface area contributed by atoms with Crippen molar-refractivity contribution in [3.8, 4) is 28.3 Å². The molecule has 0 N–H and O–H groups in total. The highest BCUT2D eigenvalue weighted by atomic mass is 28.3. The molecule has 0 amide bonds. The van der Waals surface area contributed by atoms with E-state index in [1.54, 1.807) is 0 Å². The van der Waals surface area contributed by atoms with Crippen molar-refractivity contribution in [3.05, 3.63) is 143 Å². The fourth-order valence-electron chi connectivity index (χ4n) is 10.3. The van der Waals surface area contributed by atoms with Gasteiger partial charge in [-0.1, -0.05) is 121 Å². The molecule has 2 aliphatic heterocycles. The molecule has 280 valence electrons. The molecule has 8 aromatic rings. The molecule has 0 saturated carbocycles. The number of pyridine rings is 1. The molecule has 5 aromatic carbocycles. The summed E-state index contributed by atoms with van der Waals surface area (Å²) in [5.41, 5.74) is 16.7. The monoisotopic (exact) mass is 751 g/mol. The third-order valence-electron chi connectivity index (χ3n) is 12.6. The maximum atomic E-state index is 7.11. The van der Waals surface area contributed by atoms with Crippen LogP contribution in [0.1, 0.15) is 86.8 Å². The van der Waals surface area contributed by atoms with Crippen LogP contribution in [-0.4, -0.2) is 12.6 Å². The molecular weight excluding hydrogens is 699 g/mol. The van der Waals surface area contributed by atoms with Gasteiger partial charge in [-0.3, -0.25) is 0 Å². The number of fused-ring (bicyclic) bond motifs is 16. The second-order valence-corrected chi connectivity index (χ2v) is 23.6. The molecule has 2 aliphatic rings. The van der Waals surface area contributed by atoms with E-state index in [1.165, 1.54) is 77.9 Å². The molecule has 5 heterocycles. The minimum absolute atomic E-state index is 0.325. The number of hydrogen-bond acceptors (Lipinski definition) is 1. The van der Waals surface area contributed by atoms with Crippen molar-refractivity contribution in [1.29, 1.82) is 0 Å². The maximum absolute atomic E-state index is 7.11. The van der Waals surface area contributed by atoms with E-state index in [1.807, 2.05) is 0 Å². The number of aryl methyl sites for hydroxylation is 1. The molecule has 5 heteroatoms. The van der Waals surface area contributed by atoms with Gasteiger partial charge in [0, 0.05) is 33.2 Å². The molecule has 3 aromatic heterocycles. The molecule has 10 rings (SSSR count). The Morgan fingerprint density at radius 3 is 2.16 bits per heavy atom. The van der Waals surface area contributed by atoms with E-state index in [-0.39, 0.29) is 0 Å². The number of nitrogens with zero attached hydrogens (tertiary/aromatic N) is 3.